The van der Waals surface area contributed by atoms with Crippen LogP contribution in [-0.2, 0) is 11.2 Å². The Balaban J connectivity index is 2.08. The van der Waals surface area contributed by atoms with E-state index in [1.165, 1.54) is 4.90 Å². The molecule has 0 bridgehead atoms. The van der Waals surface area contributed by atoms with Crippen LogP contribution in [0.5, 0.6) is 0 Å². The number of nitrogens with zero attached hydrogens (tertiary/aromatic N) is 3. The first-order valence-electron chi connectivity index (χ1n) is 7.54. The summed E-state index contributed by atoms with van der Waals surface area (Å²) in [4.78, 5) is 30.2. The number of carboxylic acid groups (broad SMARTS) is 1. The number of aromatic nitrogens is 2. The van der Waals surface area contributed by atoms with Crippen LogP contribution in [0.15, 0.2) is 18.3 Å². The standard InChI is InChI=1S/C16H19N3O3/c1-3-11-14(19-8-6-10(2)9-13(19)17-11)15(20)18-7-4-5-12(18)16(21)22/h6,8-9,12H,3-5,7H2,1-2H3,(H,21,22). The van der Waals surface area contributed by atoms with E-state index in [0.29, 0.717) is 30.8 Å². The fourth-order valence-corrected chi connectivity index (χ4v) is 3.07. The van der Waals surface area contributed by atoms with E-state index < -0.39 is 12.0 Å². The molecule has 116 valence electrons. The van der Waals surface area contributed by atoms with E-state index in [4.69, 9.17) is 0 Å². The van der Waals surface area contributed by atoms with Crippen LogP contribution < -0.4 is 0 Å². The molecule has 1 aliphatic heterocycles. The van der Waals surface area contributed by atoms with Gasteiger partial charge in [-0.2, -0.15) is 0 Å². The Morgan fingerprint density at radius 1 is 1.45 bits per heavy atom. The van der Waals surface area contributed by atoms with E-state index in [0.717, 1.165) is 17.6 Å². The molecule has 0 saturated carbocycles. The number of aliphatic carboxylic acids is 1. The maximum Gasteiger partial charge on any atom is 0.326 e. The summed E-state index contributed by atoms with van der Waals surface area (Å²) in [6, 6.07) is 3.12. The predicted molar refractivity (Wildman–Crippen MR) is 81.0 cm³/mol. The van der Waals surface area contributed by atoms with Crippen LogP contribution in [0.25, 0.3) is 5.65 Å². The van der Waals surface area contributed by atoms with E-state index in [1.807, 2.05) is 32.2 Å². The number of amides is 1. The van der Waals surface area contributed by atoms with Crippen LogP contribution in [0, 0.1) is 6.92 Å². The Bertz CT molecular complexity index is 750. The Morgan fingerprint density at radius 2 is 2.23 bits per heavy atom. The number of hydrogen-bond donors (Lipinski definition) is 1. The molecule has 3 rings (SSSR count). The van der Waals surface area contributed by atoms with Crippen molar-refractivity contribution >= 4 is 17.5 Å². The fourth-order valence-electron chi connectivity index (χ4n) is 3.07. The van der Waals surface area contributed by atoms with Gasteiger partial charge < -0.3 is 10.0 Å². The molecule has 0 aliphatic carbocycles. The van der Waals surface area contributed by atoms with Crippen molar-refractivity contribution in [3.63, 3.8) is 0 Å². The maximum atomic E-state index is 12.9. The number of carbonyl (C=O) groups excluding carboxylic acids is 1. The van der Waals surface area contributed by atoms with Gasteiger partial charge in [0.05, 0.1) is 5.69 Å². The average Bonchev–Trinajstić information content (AvgIpc) is 3.10. The number of pyridine rings is 1. The summed E-state index contributed by atoms with van der Waals surface area (Å²) in [5.41, 5.74) is 3.01. The topological polar surface area (TPSA) is 74.9 Å². The lowest BCUT2D eigenvalue weighted by atomic mass is 10.2. The van der Waals surface area contributed by atoms with Gasteiger partial charge >= 0.3 is 5.97 Å². The van der Waals surface area contributed by atoms with Crippen molar-refractivity contribution in [2.24, 2.45) is 0 Å². The summed E-state index contributed by atoms with van der Waals surface area (Å²) in [7, 11) is 0. The second-order valence-corrected chi connectivity index (χ2v) is 5.69. The number of carbonyl (C=O) groups is 2. The number of fused-ring (bicyclic) bond motifs is 1. The molecule has 1 fully saturated rings. The summed E-state index contributed by atoms with van der Waals surface area (Å²) in [5, 5.41) is 9.29. The zero-order valence-electron chi connectivity index (χ0n) is 12.7. The highest BCUT2D eigenvalue weighted by molar-refractivity contribution is 5.97. The van der Waals surface area contributed by atoms with Crippen molar-refractivity contribution in [1.82, 2.24) is 14.3 Å². The molecule has 0 radical (unpaired) electrons. The number of rotatable bonds is 3. The van der Waals surface area contributed by atoms with Gasteiger partial charge in [-0.25, -0.2) is 9.78 Å². The van der Waals surface area contributed by atoms with Gasteiger partial charge in [0.2, 0.25) is 0 Å². The van der Waals surface area contributed by atoms with Crippen molar-refractivity contribution in [2.45, 2.75) is 39.2 Å². The van der Waals surface area contributed by atoms with Crippen LogP contribution in [0.4, 0.5) is 0 Å². The van der Waals surface area contributed by atoms with E-state index in [9.17, 15) is 14.7 Å². The van der Waals surface area contributed by atoms with Crippen LogP contribution in [0.1, 0.15) is 41.5 Å². The smallest absolute Gasteiger partial charge is 0.326 e. The number of likely N-dealkylation sites (tertiary alicyclic amines) is 1. The summed E-state index contributed by atoms with van der Waals surface area (Å²) in [5.74, 6) is -1.17. The third-order valence-corrected chi connectivity index (χ3v) is 4.19. The highest BCUT2D eigenvalue weighted by Gasteiger charge is 2.36. The largest absolute Gasteiger partial charge is 0.480 e. The first kappa shape index (κ1) is 14.6. The predicted octanol–water partition coefficient (Wildman–Crippen LogP) is 1.89. The highest BCUT2D eigenvalue weighted by Crippen LogP contribution is 2.23. The molecule has 0 aromatic carbocycles. The highest BCUT2D eigenvalue weighted by atomic mass is 16.4. The van der Waals surface area contributed by atoms with Crippen molar-refractivity contribution in [3.05, 3.63) is 35.3 Å². The zero-order chi connectivity index (χ0) is 15.9. The van der Waals surface area contributed by atoms with Crippen molar-refractivity contribution in [3.8, 4) is 0 Å². The minimum Gasteiger partial charge on any atom is -0.480 e. The van der Waals surface area contributed by atoms with Crippen molar-refractivity contribution < 1.29 is 14.7 Å². The molecule has 1 aliphatic rings. The van der Waals surface area contributed by atoms with E-state index >= 15 is 0 Å². The molecule has 3 heterocycles. The SMILES string of the molecule is CCc1nc2cc(C)ccn2c1C(=O)N1CCCC1C(=O)O. The van der Waals surface area contributed by atoms with Crippen LogP contribution in [0.3, 0.4) is 0 Å². The first-order valence-corrected chi connectivity index (χ1v) is 7.54. The van der Waals surface area contributed by atoms with Gasteiger partial charge in [0, 0.05) is 12.7 Å². The number of carboxylic acids is 1. The molecule has 1 amide bonds. The zero-order valence-corrected chi connectivity index (χ0v) is 12.7. The van der Waals surface area contributed by atoms with E-state index in [1.54, 1.807) is 4.40 Å². The molecule has 6 nitrogen and oxygen atoms in total. The molecule has 22 heavy (non-hydrogen) atoms. The summed E-state index contributed by atoms with van der Waals surface area (Å²) >= 11 is 0. The quantitative estimate of drug-likeness (QED) is 0.939. The monoisotopic (exact) mass is 301 g/mol. The lowest BCUT2D eigenvalue weighted by Crippen LogP contribution is -2.41. The molecule has 0 spiro atoms. The van der Waals surface area contributed by atoms with Crippen LogP contribution >= 0.6 is 0 Å². The molecule has 1 N–H and O–H groups in total. The Kier molecular flexibility index (Phi) is 3.60. The second-order valence-electron chi connectivity index (χ2n) is 5.69. The third-order valence-electron chi connectivity index (χ3n) is 4.19. The molecule has 2 aromatic heterocycles. The van der Waals surface area contributed by atoms with Crippen LogP contribution in [0.2, 0.25) is 0 Å². The minimum atomic E-state index is -0.937. The first-order chi connectivity index (χ1) is 10.5. The maximum absolute atomic E-state index is 12.9. The van der Waals surface area contributed by atoms with E-state index in [-0.39, 0.29) is 5.91 Å². The summed E-state index contributed by atoms with van der Waals surface area (Å²) in [6.45, 7) is 4.41. The van der Waals surface area contributed by atoms with Gasteiger partial charge in [-0.1, -0.05) is 6.92 Å². The minimum absolute atomic E-state index is 0.238. The number of hydrogen-bond acceptors (Lipinski definition) is 3. The molecule has 1 saturated heterocycles. The molecular formula is C16H19N3O3. The Morgan fingerprint density at radius 3 is 2.91 bits per heavy atom. The third kappa shape index (κ3) is 2.24. The van der Waals surface area contributed by atoms with E-state index in [2.05, 4.69) is 4.98 Å². The lowest BCUT2D eigenvalue weighted by molar-refractivity contribution is -0.141. The van der Waals surface area contributed by atoms with Gasteiger partial charge in [-0.15, -0.1) is 0 Å². The Labute approximate surface area is 128 Å². The van der Waals surface area contributed by atoms with Gasteiger partial charge in [0.25, 0.3) is 5.91 Å². The summed E-state index contributed by atoms with van der Waals surface area (Å²) < 4.78 is 1.77. The van der Waals surface area contributed by atoms with Crippen molar-refractivity contribution in [1.29, 1.82) is 0 Å². The van der Waals surface area contributed by atoms with Gasteiger partial charge in [-0.05, 0) is 43.9 Å². The average molecular weight is 301 g/mol. The van der Waals surface area contributed by atoms with Gasteiger partial charge in [-0.3, -0.25) is 9.20 Å². The molecule has 2 aromatic rings. The normalized spacial score (nSPS) is 18.1. The molecule has 1 atom stereocenters. The lowest BCUT2D eigenvalue weighted by Gasteiger charge is -2.21. The number of aryl methyl sites for hydroxylation is 2. The van der Waals surface area contributed by atoms with Crippen LogP contribution in [-0.4, -0.2) is 43.9 Å². The molecule has 6 heteroatoms. The fraction of sp³-hybridized carbons (Fsp3) is 0.438. The Hall–Kier alpha value is -2.37. The second kappa shape index (κ2) is 5.44. The van der Waals surface area contributed by atoms with Gasteiger partial charge in [0.1, 0.15) is 17.4 Å². The molecule has 1 unspecified atom stereocenters. The van der Waals surface area contributed by atoms with Crippen molar-refractivity contribution in [2.75, 3.05) is 6.54 Å². The molecular weight excluding hydrogens is 282 g/mol. The number of imidazole rings is 1. The summed E-state index contributed by atoms with van der Waals surface area (Å²) in [6.07, 6.45) is 3.70. The van der Waals surface area contributed by atoms with Gasteiger partial charge in [0.15, 0.2) is 0 Å².